The van der Waals surface area contributed by atoms with Crippen molar-refractivity contribution in [3.63, 3.8) is 0 Å². The molecule has 1 atom stereocenters. The molecule has 1 nitrogen and oxygen atoms in total. The second-order valence-electron chi connectivity index (χ2n) is 5.36. The minimum Gasteiger partial charge on any atom is -0.388 e. The van der Waals surface area contributed by atoms with Gasteiger partial charge in [0.15, 0.2) is 0 Å². The van der Waals surface area contributed by atoms with Crippen molar-refractivity contribution in [2.45, 2.75) is 31.3 Å². The van der Waals surface area contributed by atoms with Crippen molar-refractivity contribution in [1.82, 2.24) is 0 Å². The summed E-state index contributed by atoms with van der Waals surface area (Å²) in [5.41, 5.74) is 2.49. The van der Waals surface area contributed by atoms with Crippen LogP contribution in [0.15, 0.2) is 42.5 Å². The van der Waals surface area contributed by atoms with Gasteiger partial charge in [-0.25, -0.2) is 4.39 Å². The maximum Gasteiger partial charge on any atom is 0.127 e. The summed E-state index contributed by atoms with van der Waals surface area (Å²) in [5, 5.41) is 10.6. The van der Waals surface area contributed by atoms with Crippen molar-refractivity contribution in [1.29, 1.82) is 0 Å². The summed E-state index contributed by atoms with van der Waals surface area (Å²) < 4.78 is 13.7. The lowest BCUT2D eigenvalue weighted by Gasteiger charge is -2.13. The number of halogens is 2. The normalized spacial score (nSPS) is 16.1. The molecule has 1 unspecified atom stereocenters. The van der Waals surface area contributed by atoms with Gasteiger partial charge in [-0.15, -0.1) is 0 Å². The largest absolute Gasteiger partial charge is 0.388 e. The second kappa shape index (κ2) is 5.55. The van der Waals surface area contributed by atoms with Crippen LogP contribution in [0.2, 0.25) is 5.02 Å². The van der Waals surface area contributed by atoms with E-state index >= 15 is 0 Å². The zero-order valence-corrected chi connectivity index (χ0v) is 11.8. The first-order valence-corrected chi connectivity index (χ1v) is 7.24. The molecule has 2 aromatic carbocycles. The van der Waals surface area contributed by atoms with E-state index in [1.54, 1.807) is 12.1 Å². The van der Waals surface area contributed by atoms with E-state index < -0.39 is 6.10 Å². The Morgan fingerprint density at radius 3 is 2.45 bits per heavy atom. The Hall–Kier alpha value is -1.38. The molecule has 20 heavy (non-hydrogen) atoms. The van der Waals surface area contributed by atoms with Crippen LogP contribution in [-0.2, 0) is 6.42 Å². The van der Waals surface area contributed by atoms with Crippen LogP contribution < -0.4 is 0 Å². The molecule has 0 aliphatic heterocycles. The van der Waals surface area contributed by atoms with E-state index in [0.717, 1.165) is 5.56 Å². The average molecular weight is 291 g/mol. The number of rotatable bonds is 4. The molecular weight excluding hydrogens is 275 g/mol. The molecule has 0 spiro atoms. The molecule has 3 rings (SSSR count). The first-order chi connectivity index (χ1) is 9.65. The predicted octanol–water partition coefficient (Wildman–Crippen LogP) is 4.63. The number of hydrogen-bond acceptors (Lipinski definition) is 1. The molecular formula is C17H16ClFO. The molecule has 1 N–H and O–H groups in total. The van der Waals surface area contributed by atoms with Crippen molar-refractivity contribution >= 4 is 11.6 Å². The maximum atomic E-state index is 13.7. The number of benzene rings is 2. The second-order valence-corrected chi connectivity index (χ2v) is 5.77. The fourth-order valence-corrected chi connectivity index (χ4v) is 2.69. The molecule has 0 saturated heterocycles. The molecule has 0 amide bonds. The fourth-order valence-electron chi connectivity index (χ4n) is 2.45. The summed E-state index contributed by atoms with van der Waals surface area (Å²) >= 11 is 5.98. The van der Waals surface area contributed by atoms with Gasteiger partial charge in [0.05, 0.1) is 6.10 Å². The molecule has 1 fully saturated rings. The van der Waals surface area contributed by atoms with Gasteiger partial charge in [-0.2, -0.15) is 0 Å². The number of aliphatic hydroxyl groups excluding tert-OH is 1. The Labute approximate surface area is 123 Å². The standard InChI is InChI=1S/C17H16ClFO/c18-15-2-1-3-16(19)14(15)10-17(20)13-8-6-12(7-9-13)11-4-5-11/h1-3,6-9,11,17,20H,4-5,10H2. The highest BCUT2D eigenvalue weighted by atomic mass is 35.5. The average Bonchev–Trinajstić information content (AvgIpc) is 3.28. The van der Waals surface area contributed by atoms with Gasteiger partial charge in [0.1, 0.15) is 5.82 Å². The first kappa shape index (κ1) is 13.6. The third-order valence-electron chi connectivity index (χ3n) is 3.83. The Balaban J connectivity index is 1.76. The van der Waals surface area contributed by atoms with Crippen LogP contribution in [0, 0.1) is 5.82 Å². The number of aliphatic hydroxyl groups is 1. The summed E-state index contributed by atoms with van der Waals surface area (Å²) in [5.74, 6) is 0.327. The molecule has 0 bridgehead atoms. The van der Waals surface area contributed by atoms with Crippen LogP contribution in [0.5, 0.6) is 0 Å². The number of hydrogen-bond donors (Lipinski definition) is 1. The topological polar surface area (TPSA) is 20.2 Å². The van der Waals surface area contributed by atoms with Crippen molar-refractivity contribution in [3.05, 3.63) is 70.0 Å². The zero-order chi connectivity index (χ0) is 14.1. The summed E-state index contributed by atoms with van der Waals surface area (Å²) in [6.07, 6.45) is 1.96. The summed E-state index contributed by atoms with van der Waals surface area (Å²) in [6.45, 7) is 0. The van der Waals surface area contributed by atoms with E-state index in [2.05, 4.69) is 12.1 Å². The van der Waals surface area contributed by atoms with Crippen LogP contribution in [0.1, 0.15) is 41.6 Å². The van der Waals surface area contributed by atoms with E-state index in [4.69, 9.17) is 11.6 Å². The van der Waals surface area contributed by atoms with Crippen LogP contribution in [-0.4, -0.2) is 5.11 Å². The Bertz CT molecular complexity index is 585. The summed E-state index contributed by atoms with van der Waals surface area (Å²) in [6, 6.07) is 12.5. The van der Waals surface area contributed by atoms with Gasteiger partial charge in [0, 0.05) is 17.0 Å². The molecule has 1 aliphatic rings. The Morgan fingerprint density at radius 2 is 1.85 bits per heavy atom. The summed E-state index contributed by atoms with van der Waals surface area (Å²) in [7, 11) is 0. The highest BCUT2D eigenvalue weighted by Gasteiger charge is 2.23. The van der Waals surface area contributed by atoms with Gasteiger partial charge in [0.25, 0.3) is 0 Å². The van der Waals surface area contributed by atoms with Crippen molar-refractivity contribution < 1.29 is 9.50 Å². The molecule has 1 saturated carbocycles. The SMILES string of the molecule is OC(Cc1c(F)cccc1Cl)c1ccc(C2CC2)cc1. The van der Waals surface area contributed by atoms with Crippen LogP contribution in [0.25, 0.3) is 0 Å². The molecule has 2 aromatic rings. The van der Waals surface area contributed by atoms with Gasteiger partial charge in [-0.1, -0.05) is 41.9 Å². The van der Waals surface area contributed by atoms with Gasteiger partial charge in [-0.3, -0.25) is 0 Å². The smallest absolute Gasteiger partial charge is 0.127 e. The van der Waals surface area contributed by atoms with Gasteiger partial charge >= 0.3 is 0 Å². The van der Waals surface area contributed by atoms with Crippen molar-refractivity contribution in [2.24, 2.45) is 0 Å². The quantitative estimate of drug-likeness (QED) is 0.870. The minimum absolute atomic E-state index is 0.189. The van der Waals surface area contributed by atoms with Crippen LogP contribution in [0.3, 0.4) is 0 Å². The van der Waals surface area contributed by atoms with E-state index in [1.165, 1.54) is 24.5 Å². The van der Waals surface area contributed by atoms with Crippen molar-refractivity contribution in [3.8, 4) is 0 Å². The van der Waals surface area contributed by atoms with E-state index in [-0.39, 0.29) is 12.2 Å². The van der Waals surface area contributed by atoms with E-state index in [1.807, 2.05) is 12.1 Å². The third-order valence-corrected chi connectivity index (χ3v) is 4.18. The zero-order valence-electron chi connectivity index (χ0n) is 11.0. The first-order valence-electron chi connectivity index (χ1n) is 6.86. The lowest BCUT2D eigenvalue weighted by atomic mass is 9.99. The van der Waals surface area contributed by atoms with E-state index in [9.17, 15) is 9.50 Å². The third kappa shape index (κ3) is 2.87. The van der Waals surface area contributed by atoms with E-state index in [0.29, 0.717) is 16.5 Å². The maximum absolute atomic E-state index is 13.7. The van der Waals surface area contributed by atoms with Gasteiger partial charge < -0.3 is 5.11 Å². The molecule has 1 aliphatic carbocycles. The van der Waals surface area contributed by atoms with Crippen molar-refractivity contribution in [2.75, 3.05) is 0 Å². The molecule has 0 radical (unpaired) electrons. The monoisotopic (exact) mass is 290 g/mol. The minimum atomic E-state index is -0.738. The Kier molecular flexibility index (Phi) is 3.77. The lowest BCUT2D eigenvalue weighted by Crippen LogP contribution is -2.04. The van der Waals surface area contributed by atoms with Crippen LogP contribution >= 0.6 is 11.6 Å². The Morgan fingerprint density at radius 1 is 1.15 bits per heavy atom. The lowest BCUT2D eigenvalue weighted by molar-refractivity contribution is 0.177. The van der Waals surface area contributed by atoms with Gasteiger partial charge in [0.2, 0.25) is 0 Å². The van der Waals surface area contributed by atoms with Gasteiger partial charge in [-0.05, 0) is 42.0 Å². The molecule has 0 heterocycles. The predicted molar refractivity (Wildman–Crippen MR) is 78.5 cm³/mol. The fraction of sp³-hybridized carbons (Fsp3) is 0.294. The highest BCUT2D eigenvalue weighted by Crippen LogP contribution is 2.40. The molecule has 0 aromatic heterocycles. The molecule has 3 heteroatoms. The van der Waals surface area contributed by atoms with Crippen LogP contribution in [0.4, 0.5) is 4.39 Å². The molecule has 104 valence electrons. The summed E-state index contributed by atoms with van der Waals surface area (Å²) in [4.78, 5) is 0. The highest BCUT2D eigenvalue weighted by molar-refractivity contribution is 6.31.